The highest BCUT2D eigenvalue weighted by Crippen LogP contribution is 2.38. The molecular weight excluding hydrogens is 340 g/mol. The molecule has 0 saturated carbocycles. The van der Waals surface area contributed by atoms with E-state index in [1.54, 1.807) is 0 Å². The SMILES string of the molecule is CCCCCC(C)(c1ccc(OCCO)cc1)c1ccc(OCCO)cc1. The summed E-state index contributed by atoms with van der Waals surface area (Å²) in [6.07, 6.45) is 4.63. The Bertz CT molecular complexity index is 598. The molecule has 0 spiro atoms. The lowest BCUT2D eigenvalue weighted by molar-refractivity contribution is 0.201. The number of ether oxygens (including phenoxy) is 2. The van der Waals surface area contributed by atoms with Crippen LogP contribution in [-0.2, 0) is 5.41 Å². The van der Waals surface area contributed by atoms with Crippen LogP contribution in [0.4, 0.5) is 0 Å². The molecule has 0 aromatic heterocycles. The molecule has 0 radical (unpaired) electrons. The molecule has 0 aliphatic rings. The van der Waals surface area contributed by atoms with Crippen molar-refractivity contribution in [2.75, 3.05) is 26.4 Å². The predicted octanol–water partition coefficient (Wildman–Crippen LogP) is 4.32. The Morgan fingerprint density at radius 2 is 1.19 bits per heavy atom. The van der Waals surface area contributed by atoms with Crippen LogP contribution in [0.2, 0.25) is 0 Å². The summed E-state index contributed by atoms with van der Waals surface area (Å²) in [5, 5.41) is 17.8. The molecule has 0 saturated heterocycles. The van der Waals surface area contributed by atoms with E-state index in [1.807, 2.05) is 24.3 Å². The maximum absolute atomic E-state index is 8.91. The molecule has 0 atom stereocenters. The monoisotopic (exact) mass is 372 g/mol. The second-order valence-electron chi connectivity index (χ2n) is 6.98. The van der Waals surface area contributed by atoms with Gasteiger partial charge in [0.1, 0.15) is 24.7 Å². The average molecular weight is 373 g/mol. The highest BCUT2D eigenvalue weighted by Gasteiger charge is 2.28. The molecule has 0 aliphatic heterocycles. The molecule has 0 amide bonds. The van der Waals surface area contributed by atoms with Crippen LogP contribution in [0.1, 0.15) is 50.7 Å². The molecule has 0 fully saturated rings. The third-order valence-electron chi connectivity index (χ3n) is 4.98. The summed E-state index contributed by atoms with van der Waals surface area (Å²) in [6, 6.07) is 16.4. The lowest BCUT2D eigenvalue weighted by atomic mass is 9.72. The summed E-state index contributed by atoms with van der Waals surface area (Å²) in [5.41, 5.74) is 2.40. The number of benzene rings is 2. The van der Waals surface area contributed by atoms with Crippen LogP contribution in [-0.4, -0.2) is 36.6 Å². The lowest BCUT2D eigenvalue weighted by Gasteiger charge is -2.31. The maximum Gasteiger partial charge on any atom is 0.119 e. The fourth-order valence-corrected chi connectivity index (χ4v) is 3.35. The molecule has 0 aliphatic carbocycles. The molecule has 2 aromatic carbocycles. The smallest absolute Gasteiger partial charge is 0.119 e. The zero-order valence-electron chi connectivity index (χ0n) is 16.5. The fraction of sp³-hybridized carbons (Fsp3) is 0.478. The largest absolute Gasteiger partial charge is 0.491 e. The van der Waals surface area contributed by atoms with E-state index in [9.17, 15) is 0 Å². The van der Waals surface area contributed by atoms with Crippen molar-refractivity contribution in [1.82, 2.24) is 0 Å². The van der Waals surface area contributed by atoms with Crippen molar-refractivity contribution in [3.05, 3.63) is 59.7 Å². The van der Waals surface area contributed by atoms with Gasteiger partial charge in [0, 0.05) is 5.41 Å². The van der Waals surface area contributed by atoms with Crippen molar-refractivity contribution in [2.45, 2.75) is 44.9 Å². The van der Waals surface area contributed by atoms with Crippen molar-refractivity contribution >= 4 is 0 Å². The van der Waals surface area contributed by atoms with Crippen LogP contribution >= 0.6 is 0 Å². The lowest BCUT2D eigenvalue weighted by Crippen LogP contribution is -2.23. The molecule has 148 valence electrons. The molecule has 0 unspecified atom stereocenters. The molecular formula is C23H32O4. The van der Waals surface area contributed by atoms with Gasteiger partial charge in [-0.3, -0.25) is 0 Å². The van der Waals surface area contributed by atoms with E-state index >= 15 is 0 Å². The summed E-state index contributed by atoms with van der Waals surface area (Å²) in [7, 11) is 0. The molecule has 4 nitrogen and oxygen atoms in total. The quantitative estimate of drug-likeness (QED) is 0.545. The Kier molecular flexibility index (Phi) is 8.62. The Balaban J connectivity index is 2.25. The first kappa shape index (κ1) is 21.3. The molecule has 2 N–H and O–H groups in total. The first-order chi connectivity index (χ1) is 13.1. The Morgan fingerprint density at radius 3 is 1.56 bits per heavy atom. The Morgan fingerprint density at radius 1 is 0.741 bits per heavy atom. The molecule has 2 rings (SSSR count). The van der Waals surface area contributed by atoms with Crippen LogP contribution < -0.4 is 9.47 Å². The van der Waals surface area contributed by atoms with Gasteiger partial charge >= 0.3 is 0 Å². The van der Waals surface area contributed by atoms with Gasteiger partial charge in [0.15, 0.2) is 0 Å². The minimum Gasteiger partial charge on any atom is -0.491 e. The van der Waals surface area contributed by atoms with E-state index in [-0.39, 0.29) is 18.6 Å². The van der Waals surface area contributed by atoms with E-state index in [1.165, 1.54) is 30.4 Å². The average Bonchev–Trinajstić information content (AvgIpc) is 2.71. The Hall–Kier alpha value is -2.04. The third kappa shape index (κ3) is 5.98. The second-order valence-corrected chi connectivity index (χ2v) is 6.98. The topological polar surface area (TPSA) is 58.9 Å². The standard InChI is InChI=1S/C23H32O4/c1-3-4-5-14-23(2,19-6-10-21(11-7-19)26-17-15-24)20-8-12-22(13-9-20)27-18-16-25/h6-13,24-25H,3-5,14-18H2,1-2H3. The summed E-state index contributed by atoms with van der Waals surface area (Å²) >= 11 is 0. The second kappa shape index (κ2) is 11.0. The first-order valence-electron chi connectivity index (χ1n) is 9.82. The van der Waals surface area contributed by atoms with Crippen LogP contribution in [0.15, 0.2) is 48.5 Å². The van der Waals surface area contributed by atoms with Crippen LogP contribution in [0.3, 0.4) is 0 Å². The van der Waals surface area contributed by atoms with Crippen LogP contribution in [0.5, 0.6) is 11.5 Å². The van der Waals surface area contributed by atoms with Crippen molar-refractivity contribution in [1.29, 1.82) is 0 Å². The zero-order valence-corrected chi connectivity index (χ0v) is 16.5. The molecule has 2 aromatic rings. The van der Waals surface area contributed by atoms with Crippen LogP contribution in [0.25, 0.3) is 0 Å². The minimum absolute atomic E-state index is 0.0151. The zero-order chi connectivity index (χ0) is 19.5. The normalized spacial score (nSPS) is 11.4. The van der Waals surface area contributed by atoms with Gasteiger partial charge in [-0.2, -0.15) is 0 Å². The number of hydrogen-bond donors (Lipinski definition) is 2. The van der Waals surface area contributed by atoms with E-state index in [2.05, 4.69) is 38.1 Å². The number of rotatable bonds is 12. The van der Waals surface area contributed by atoms with Crippen molar-refractivity contribution in [2.24, 2.45) is 0 Å². The third-order valence-corrected chi connectivity index (χ3v) is 4.98. The van der Waals surface area contributed by atoms with E-state index in [0.717, 1.165) is 17.9 Å². The highest BCUT2D eigenvalue weighted by molar-refractivity contribution is 5.42. The molecule has 4 heteroatoms. The molecule has 0 heterocycles. The summed E-state index contributed by atoms with van der Waals surface area (Å²) in [5.74, 6) is 1.55. The van der Waals surface area contributed by atoms with Gasteiger partial charge in [0.2, 0.25) is 0 Å². The molecule has 0 bridgehead atoms. The van der Waals surface area contributed by atoms with E-state index in [4.69, 9.17) is 19.7 Å². The maximum atomic E-state index is 8.91. The fourth-order valence-electron chi connectivity index (χ4n) is 3.35. The van der Waals surface area contributed by atoms with Gasteiger partial charge in [0.05, 0.1) is 13.2 Å². The van der Waals surface area contributed by atoms with Gasteiger partial charge in [0.25, 0.3) is 0 Å². The first-order valence-corrected chi connectivity index (χ1v) is 9.82. The van der Waals surface area contributed by atoms with Crippen molar-refractivity contribution in [3.63, 3.8) is 0 Å². The number of unbranched alkanes of at least 4 members (excludes halogenated alkanes) is 2. The predicted molar refractivity (Wildman–Crippen MR) is 109 cm³/mol. The summed E-state index contributed by atoms with van der Waals surface area (Å²) in [6.45, 7) is 5.15. The summed E-state index contributed by atoms with van der Waals surface area (Å²) < 4.78 is 11.0. The van der Waals surface area contributed by atoms with Gasteiger partial charge < -0.3 is 19.7 Å². The van der Waals surface area contributed by atoms with Gasteiger partial charge in [-0.15, -0.1) is 0 Å². The number of aliphatic hydroxyl groups excluding tert-OH is 2. The molecule has 27 heavy (non-hydrogen) atoms. The van der Waals surface area contributed by atoms with Crippen molar-refractivity contribution in [3.8, 4) is 11.5 Å². The van der Waals surface area contributed by atoms with Gasteiger partial charge in [-0.1, -0.05) is 57.4 Å². The number of hydrogen-bond acceptors (Lipinski definition) is 4. The van der Waals surface area contributed by atoms with Crippen LogP contribution in [0, 0.1) is 0 Å². The van der Waals surface area contributed by atoms with E-state index < -0.39 is 0 Å². The number of aliphatic hydroxyl groups is 2. The van der Waals surface area contributed by atoms with E-state index in [0.29, 0.717) is 13.2 Å². The highest BCUT2D eigenvalue weighted by atomic mass is 16.5. The Labute approximate surface area is 162 Å². The van der Waals surface area contributed by atoms with Gasteiger partial charge in [-0.05, 0) is 41.8 Å². The van der Waals surface area contributed by atoms with Crippen molar-refractivity contribution < 1.29 is 19.7 Å². The van der Waals surface area contributed by atoms with Gasteiger partial charge in [-0.25, -0.2) is 0 Å². The minimum atomic E-state index is -0.0970. The summed E-state index contributed by atoms with van der Waals surface area (Å²) in [4.78, 5) is 0.